The number of phosphoric acid groups is 1. The van der Waals surface area contributed by atoms with Crippen LogP contribution in [0.1, 0.15) is 155 Å². The highest BCUT2D eigenvalue weighted by atomic mass is 31.2. The number of aliphatic hydroxyl groups is 2. The summed E-state index contributed by atoms with van der Waals surface area (Å²) in [6, 6.07) is 0. The molecule has 0 aromatic heterocycles. The SMILES string of the molecule is CC/C=C\C/C=C\C/C=C\C/C=C\CCC(=O)OC(CO)COP(=O)(O)OCC(CO)OC(=O)CCCCCCCCCCCCCCCCC. The molecule has 11 heteroatoms. The summed E-state index contributed by atoms with van der Waals surface area (Å²) in [5.74, 6) is -1.10. The predicted octanol–water partition coefficient (Wildman–Crippen LogP) is 9.78. The van der Waals surface area contributed by atoms with Crippen LogP contribution in [-0.2, 0) is 32.7 Å². The van der Waals surface area contributed by atoms with Crippen LogP contribution in [0.3, 0.4) is 0 Å². The van der Waals surface area contributed by atoms with Crippen LogP contribution < -0.4 is 0 Å². The third-order valence-corrected chi connectivity index (χ3v) is 9.02. The molecule has 0 spiro atoms. The Morgan fingerprint density at radius 3 is 1.33 bits per heavy atom. The van der Waals surface area contributed by atoms with Crippen molar-refractivity contribution >= 4 is 19.8 Å². The summed E-state index contributed by atoms with van der Waals surface area (Å²) in [5.41, 5.74) is 0. The summed E-state index contributed by atoms with van der Waals surface area (Å²) in [6.45, 7) is 2.00. The Bertz CT molecular complexity index is 994. The molecule has 51 heavy (non-hydrogen) atoms. The van der Waals surface area contributed by atoms with E-state index in [2.05, 4.69) is 44.2 Å². The first-order chi connectivity index (χ1) is 24.8. The van der Waals surface area contributed by atoms with Gasteiger partial charge < -0.3 is 24.6 Å². The third-order valence-electron chi connectivity index (χ3n) is 8.07. The molecule has 296 valence electrons. The standard InChI is InChI=1S/C40H71O10P/c1-3-5-7-9-11-13-15-17-18-20-22-24-26-28-30-32-40(44)50-38(34-42)36-48-51(45,46)47-35-37(33-41)49-39(43)31-29-27-25-23-21-19-16-14-12-10-8-6-4-2/h6,8,12,14,19,21,25,27,37-38,41-42H,3-5,7,9-11,13,15-18,20,22-24,26,28-36H2,1-2H3,(H,45,46)/b8-6-,14-12-,21-19-,27-25-. The Balaban J connectivity index is 4.04. The van der Waals surface area contributed by atoms with Gasteiger partial charge in [-0.3, -0.25) is 18.6 Å². The van der Waals surface area contributed by atoms with E-state index in [-0.39, 0.29) is 12.8 Å². The number of carbonyl (C=O) groups is 2. The van der Waals surface area contributed by atoms with Crippen molar-refractivity contribution in [3.05, 3.63) is 48.6 Å². The molecule has 0 aliphatic heterocycles. The van der Waals surface area contributed by atoms with Gasteiger partial charge in [-0.15, -0.1) is 0 Å². The van der Waals surface area contributed by atoms with Crippen LogP contribution in [0, 0.1) is 0 Å². The van der Waals surface area contributed by atoms with Gasteiger partial charge in [0.05, 0.1) is 26.4 Å². The molecule has 0 aliphatic rings. The number of hydrogen-bond donors (Lipinski definition) is 3. The lowest BCUT2D eigenvalue weighted by Gasteiger charge is -2.20. The minimum absolute atomic E-state index is 0.0704. The fraction of sp³-hybridized carbons (Fsp3) is 0.750. The van der Waals surface area contributed by atoms with E-state index in [1.54, 1.807) is 0 Å². The molecule has 3 N–H and O–H groups in total. The number of esters is 2. The maximum absolute atomic E-state index is 12.3. The van der Waals surface area contributed by atoms with Crippen molar-refractivity contribution in [2.24, 2.45) is 0 Å². The topological polar surface area (TPSA) is 149 Å². The zero-order valence-electron chi connectivity index (χ0n) is 31.8. The largest absolute Gasteiger partial charge is 0.472 e. The van der Waals surface area contributed by atoms with Crippen molar-refractivity contribution in [2.75, 3.05) is 26.4 Å². The van der Waals surface area contributed by atoms with Crippen molar-refractivity contribution in [3.8, 4) is 0 Å². The summed E-state index contributed by atoms with van der Waals surface area (Å²) in [6.07, 6.45) is 36.8. The van der Waals surface area contributed by atoms with E-state index in [4.69, 9.17) is 18.5 Å². The maximum Gasteiger partial charge on any atom is 0.472 e. The molecule has 0 amide bonds. The predicted molar refractivity (Wildman–Crippen MR) is 205 cm³/mol. The van der Waals surface area contributed by atoms with Gasteiger partial charge in [0.15, 0.2) is 0 Å². The number of aliphatic hydroxyl groups excluding tert-OH is 2. The molecule has 0 saturated heterocycles. The van der Waals surface area contributed by atoms with Crippen molar-refractivity contribution in [1.82, 2.24) is 0 Å². The van der Waals surface area contributed by atoms with E-state index in [1.165, 1.54) is 70.6 Å². The van der Waals surface area contributed by atoms with Crippen molar-refractivity contribution in [2.45, 2.75) is 167 Å². The Labute approximate surface area is 309 Å². The van der Waals surface area contributed by atoms with Gasteiger partial charge in [-0.05, 0) is 38.5 Å². The van der Waals surface area contributed by atoms with E-state index in [9.17, 15) is 29.3 Å². The van der Waals surface area contributed by atoms with Crippen LogP contribution in [0.2, 0.25) is 0 Å². The molecule has 0 aliphatic carbocycles. The number of rotatable bonds is 36. The molecule has 0 fully saturated rings. The molecular weight excluding hydrogens is 671 g/mol. The molecule has 3 unspecified atom stereocenters. The first kappa shape index (κ1) is 48.9. The quantitative estimate of drug-likeness (QED) is 0.0245. The Morgan fingerprint density at radius 1 is 0.549 bits per heavy atom. The summed E-state index contributed by atoms with van der Waals surface area (Å²) in [7, 11) is -4.65. The van der Waals surface area contributed by atoms with Crippen LogP contribution >= 0.6 is 7.82 Å². The van der Waals surface area contributed by atoms with Gasteiger partial charge in [0, 0.05) is 12.8 Å². The second kappa shape index (κ2) is 36.3. The minimum Gasteiger partial charge on any atom is -0.457 e. The fourth-order valence-electron chi connectivity index (χ4n) is 5.07. The van der Waals surface area contributed by atoms with Gasteiger partial charge in [-0.1, -0.05) is 152 Å². The molecule has 3 atom stereocenters. The average molecular weight is 743 g/mol. The fourth-order valence-corrected chi connectivity index (χ4v) is 5.85. The molecule has 10 nitrogen and oxygen atoms in total. The van der Waals surface area contributed by atoms with E-state index in [1.807, 2.05) is 18.2 Å². The van der Waals surface area contributed by atoms with Gasteiger partial charge in [0.25, 0.3) is 0 Å². The summed E-state index contributed by atoms with van der Waals surface area (Å²) in [5, 5.41) is 19.1. The number of hydrogen-bond acceptors (Lipinski definition) is 9. The first-order valence-corrected chi connectivity index (χ1v) is 21.1. The summed E-state index contributed by atoms with van der Waals surface area (Å²) >= 11 is 0. The number of unbranched alkanes of at least 4 members (excludes halogenated alkanes) is 14. The van der Waals surface area contributed by atoms with Crippen molar-refractivity contribution in [3.63, 3.8) is 0 Å². The average Bonchev–Trinajstić information content (AvgIpc) is 3.12. The van der Waals surface area contributed by atoms with E-state index >= 15 is 0 Å². The van der Waals surface area contributed by atoms with Crippen LogP contribution in [0.15, 0.2) is 48.6 Å². The molecule has 0 saturated carbocycles. The monoisotopic (exact) mass is 742 g/mol. The van der Waals surface area contributed by atoms with Crippen LogP contribution in [0.25, 0.3) is 0 Å². The third kappa shape index (κ3) is 34.8. The van der Waals surface area contributed by atoms with Gasteiger partial charge in [-0.25, -0.2) is 4.57 Å². The number of carbonyl (C=O) groups excluding carboxylic acids is 2. The van der Waals surface area contributed by atoms with E-state index in [0.29, 0.717) is 12.8 Å². The lowest BCUT2D eigenvalue weighted by Crippen LogP contribution is -2.28. The second-order valence-corrected chi connectivity index (χ2v) is 14.3. The van der Waals surface area contributed by atoms with Crippen LogP contribution in [0.5, 0.6) is 0 Å². The lowest BCUT2D eigenvalue weighted by atomic mass is 10.0. The zero-order valence-corrected chi connectivity index (χ0v) is 32.7. The molecule has 0 bridgehead atoms. The van der Waals surface area contributed by atoms with Gasteiger partial charge in [-0.2, -0.15) is 0 Å². The number of phosphoric ester groups is 1. The van der Waals surface area contributed by atoms with Gasteiger partial charge in [0.2, 0.25) is 0 Å². The highest BCUT2D eigenvalue weighted by Gasteiger charge is 2.27. The highest BCUT2D eigenvalue weighted by Crippen LogP contribution is 2.43. The molecule has 0 aromatic carbocycles. The lowest BCUT2D eigenvalue weighted by molar-refractivity contribution is -0.153. The van der Waals surface area contributed by atoms with E-state index < -0.39 is 58.4 Å². The number of allylic oxidation sites excluding steroid dienone is 8. The molecule has 0 rings (SSSR count). The highest BCUT2D eigenvalue weighted by molar-refractivity contribution is 7.47. The van der Waals surface area contributed by atoms with Crippen LogP contribution in [0.4, 0.5) is 0 Å². The Kier molecular flexibility index (Phi) is 34.8. The Morgan fingerprint density at radius 2 is 0.922 bits per heavy atom. The molecule has 0 aromatic rings. The second-order valence-electron chi connectivity index (χ2n) is 12.9. The maximum atomic E-state index is 12.3. The minimum atomic E-state index is -4.65. The smallest absolute Gasteiger partial charge is 0.457 e. The Hall–Kier alpha value is -2.07. The van der Waals surface area contributed by atoms with Gasteiger partial charge >= 0.3 is 19.8 Å². The summed E-state index contributed by atoms with van der Waals surface area (Å²) in [4.78, 5) is 34.3. The van der Waals surface area contributed by atoms with Gasteiger partial charge in [0.1, 0.15) is 12.2 Å². The van der Waals surface area contributed by atoms with Crippen molar-refractivity contribution in [1.29, 1.82) is 0 Å². The normalized spacial score (nSPS) is 14.5. The van der Waals surface area contributed by atoms with Crippen molar-refractivity contribution < 1.29 is 47.8 Å². The molecule has 0 heterocycles. The summed E-state index contributed by atoms with van der Waals surface area (Å²) < 4.78 is 32.4. The first-order valence-electron chi connectivity index (χ1n) is 19.6. The van der Waals surface area contributed by atoms with E-state index in [0.717, 1.165) is 44.9 Å². The van der Waals surface area contributed by atoms with Crippen LogP contribution in [-0.4, -0.2) is 65.7 Å². The zero-order chi connectivity index (χ0) is 37.7. The molecular formula is C40H71O10P. The number of ether oxygens (including phenoxy) is 2. The molecule has 0 radical (unpaired) electrons.